The van der Waals surface area contributed by atoms with Crippen LogP contribution < -0.4 is 5.32 Å². The number of hydrogen-bond acceptors (Lipinski definition) is 2. The number of rotatable bonds is 5. The maximum Gasteiger partial charge on any atom is 0.326 e. The second kappa shape index (κ2) is 5.62. The molecular formula is C17H27NO3. The molecule has 0 radical (unpaired) electrons. The smallest absolute Gasteiger partial charge is 0.326 e. The van der Waals surface area contributed by atoms with E-state index >= 15 is 0 Å². The Hall–Kier alpha value is -1.06. The molecule has 4 fully saturated rings. The Balaban J connectivity index is 1.66. The maximum absolute atomic E-state index is 12.7. The summed E-state index contributed by atoms with van der Waals surface area (Å²) in [5.74, 6) is 2.14. The van der Waals surface area contributed by atoms with E-state index < -0.39 is 12.0 Å². The first-order chi connectivity index (χ1) is 9.94. The van der Waals surface area contributed by atoms with Crippen molar-refractivity contribution in [1.82, 2.24) is 5.32 Å². The number of hydrogen-bond donors (Lipinski definition) is 2. The van der Waals surface area contributed by atoms with E-state index in [1.54, 1.807) is 0 Å². The van der Waals surface area contributed by atoms with Crippen LogP contribution in [0.15, 0.2) is 0 Å². The summed E-state index contributed by atoms with van der Waals surface area (Å²) in [4.78, 5) is 24.0. The molecule has 1 atom stereocenters. The molecule has 2 N–H and O–H groups in total. The molecule has 4 nitrogen and oxygen atoms in total. The van der Waals surface area contributed by atoms with Gasteiger partial charge in [-0.1, -0.05) is 13.8 Å². The van der Waals surface area contributed by atoms with Crippen molar-refractivity contribution < 1.29 is 14.7 Å². The Morgan fingerprint density at radius 1 is 1.05 bits per heavy atom. The van der Waals surface area contributed by atoms with Gasteiger partial charge in [0, 0.05) is 5.92 Å². The number of carboxylic acids is 1. The summed E-state index contributed by atoms with van der Waals surface area (Å²) in [5.41, 5.74) is 0. The number of carboxylic acid groups (broad SMARTS) is 1. The van der Waals surface area contributed by atoms with Crippen LogP contribution in [0.25, 0.3) is 0 Å². The molecule has 0 aliphatic heterocycles. The molecule has 4 rings (SSSR count). The average Bonchev–Trinajstić information content (AvgIpc) is 2.35. The van der Waals surface area contributed by atoms with Gasteiger partial charge in [0.05, 0.1) is 0 Å². The molecule has 1 amide bonds. The normalized spacial score (nSPS) is 38.5. The SMILES string of the molecule is CC(C)C[C@H](NC(=O)C1C2CC3CC(C2)CC1C3)C(=O)O. The van der Waals surface area contributed by atoms with Gasteiger partial charge in [0.2, 0.25) is 5.91 Å². The molecule has 0 spiro atoms. The van der Waals surface area contributed by atoms with Crippen molar-refractivity contribution in [3.8, 4) is 0 Å². The largest absolute Gasteiger partial charge is 0.480 e. The number of carbonyl (C=O) groups is 2. The third-order valence-electron chi connectivity index (χ3n) is 5.85. The zero-order valence-electron chi connectivity index (χ0n) is 13.0. The first kappa shape index (κ1) is 14.9. The summed E-state index contributed by atoms with van der Waals surface area (Å²) in [7, 11) is 0. The van der Waals surface area contributed by atoms with E-state index in [1.807, 2.05) is 13.8 Å². The lowest BCUT2D eigenvalue weighted by Crippen LogP contribution is -2.53. The lowest BCUT2D eigenvalue weighted by molar-refractivity contribution is -0.147. The van der Waals surface area contributed by atoms with Gasteiger partial charge in [0.1, 0.15) is 6.04 Å². The highest BCUT2D eigenvalue weighted by Crippen LogP contribution is 2.56. The van der Waals surface area contributed by atoms with Gasteiger partial charge in [-0.15, -0.1) is 0 Å². The van der Waals surface area contributed by atoms with Crippen LogP contribution in [0.1, 0.15) is 52.4 Å². The third kappa shape index (κ3) is 2.95. The number of aliphatic carboxylic acids is 1. The Kier molecular flexibility index (Phi) is 3.98. The van der Waals surface area contributed by atoms with Crippen molar-refractivity contribution in [1.29, 1.82) is 0 Å². The van der Waals surface area contributed by atoms with Gasteiger partial charge < -0.3 is 10.4 Å². The van der Waals surface area contributed by atoms with Crippen molar-refractivity contribution in [3.05, 3.63) is 0 Å². The Morgan fingerprint density at radius 3 is 2.00 bits per heavy atom. The molecule has 0 aromatic rings. The van der Waals surface area contributed by atoms with Gasteiger partial charge in [-0.2, -0.15) is 0 Å². The van der Waals surface area contributed by atoms with E-state index in [-0.39, 0.29) is 17.7 Å². The van der Waals surface area contributed by atoms with Crippen molar-refractivity contribution in [3.63, 3.8) is 0 Å². The summed E-state index contributed by atoms with van der Waals surface area (Å²) < 4.78 is 0. The molecule has 0 saturated heterocycles. The fraction of sp³-hybridized carbons (Fsp3) is 0.882. The fourth-order valence-electron chi connectivity index (χ4n) is 5.31. The highest BCUT2D eigenvalue weighted by molar-refractivity contribution is 5.85. The fourth-order valence-corrected chi connectivity index (χ4v) is 5.31. The lowest BCUT2D eigenvalue weighted by atomic mass is 9.51. The average molecular weight is 293 g/mol. The van der Waals surface area contributed by atoms with Crippen LogP contribution in [-0.2, 0) is 9.59 Å². The summed E-state index contributed by atoms with van der Waals surface area (Å²) in [5, 5.41) is 12.1. The Morgan fingerprint density at radius 2 is 1.57 bits per heavy atom. The highest BCUT2D eigenvalue weighted by Gasteiger charge is 2.51. The summed E-state index contributed by atoms with van der Waals surface area (Å²) >= 11 is 0. The van der Waals surface area contributed by atoms with Gasteiger partial charge in [0.15, 0.2) is 0 Å². The van der Waals surface area contributed by atoms with E-state index in [2.05, 4.69) is 5.32 Å². The number of amides is 1. The number of nitrogens with one attached hydrogen (secondary N) is 1. The number of carbonyl (C=O) groups excluding carboxylic acids is 1. The lowest BCUT2D eigenvalue weighted by Gasteiger charge is -2.53. The van der Waals surface area contributed by atoms with Crippen LogP contribution in [0.5, 0.6) is 0 Å². The maximum atomic E-state index is 12.7. The van der Waals surface area contributed by atoms with E-state index in [0.29, 0.717) is 18.3 Å². The third-order valence-corrected chi connectivity index (χ3v) is 5.85. The zero-order chi connectivity index (χ0) is 15.1. The molecule has 4 aliphatic rings. The molecule has 4 saturated carbocycles. The highest BCUT2D eigenvalue weighted by atomic mass is 16.4. The van der Waals surface area contributed by atoms with Crippen LogP contribution in [0, 0.1) is 35.5 Å². The predicted molar refractivity (Wildman–Crippen MR) is 79.6 cm³/mol. The van der Waals surface area contributed by atoms with Gasteiger partial charge in [-0.3, -0.25) is 4.79 Å². The van der Waals surface area contributed by atoms with Crippen molar-refractivity contribution in [2.24, 2.45) is 35.5 Å². The molecule has 4 aliphatic carbocycles. The minimum absolute atomic E-state index is 0.0110. The summed E-state index contributed by atoms with van der Waals surface area (Å²) in [6.45, 7) is 3.98. The van der Waals surface area contributed by atoms with E-state index in [1.165, 1.54) is 32.1 Å². The monoisotopic (exact) mass is 293 g/mol. The molecular weight excluding hydrogens is 266 g/mol. The molecule has 118 valence electrons. The van der Waals surface area contributed by atoms with E-state index in [0.717, 1.165) is 11.8 Å². The molecule has 21 heavy (non-hydrogen) atoms. The van der Waals surface area contributed by atoms with Crippen molar-refractivity contribution in [2.75, 3.05) is 0 Å². The minimum Gasteiger partial charge on any atom is -0.480 e. The van der Waals surface area contributed by atoms with Gasteiger partial charge in [-0.25, -0.2) is 4.79 Å². The summed E-state index contributed by atoms with van der Waals surface area (Å²) in [6.07, 6.45) is 6.63. The molecule has 4 heteroatoms. The van der Waals surface area contributed by atoms with E-state index in [9.17, 15) is 14.7 Å². The Bertz CT molecular complexity index is 404. The van der Waals surface area contributed by atoms with Gasteiger partial charge in [-0.05, 0) is 68.1 Å². The van der Waals surface area contributed by atoms with Crippen molar-refractivity contribution >= 4 is 11.9 Å². The predicted octanol–water partition coefficient (Wildman–Crippen LogP) is 2.67. The summed E-state index contributed by atoms with van der Waals surface area (Å²) in [6, 6.07) is -0.727. The quantitative estimate of drug-likeness (QED) is 0.819. The van der Waals surface area contributed by atoms with Gasteiger partial charge in [0.25, 0.3) is 0 Å². The van der Waals surface area contributed by atoms with Crippen LogP contribution in [0.4, 0.5) is 0 Å². The van der Waals surface area contributed by atoms with Crippen molar-refractivity contribution in [2.45, 2.75) is 58.4 Å². The molecule has 0 unspecified atom stereocenters. The van der Waals surface area contributed by atoms with Crippen LogP contribution >= 0.6 is 0 Å². The van der Waals surface area contributed by atoms with E-state index in [4.69, 9.17) is 0 Å². The Labute approximate surface area is 126 Å². The topological polar surface area (TPSA) is 66.4 Å². The molecule has 4 bridgehead atoms. The first-order valence-corrected chi connectivity index (χ1v) is 8.47. The minimum atomic E-state index is -0.902. The second-order valence-corrected chi connectivity index (χ2v) is 7.99. The molecule has 0 aromatic heterocycles. The van der Waals surface area contributed by atoms with Crippen LogP contribution in [-0.4, -0.2) is 23.0 Å². The van der Waals surface area contributed by atoms with Gasteiger partial charge >= 0.3 is 5.97 Å². The second-order valence-electron chi connectivity index (χ2n) is 7.99. The zero-order valence-corrected chi connectivity index (χ0v) is 13.0. The standard InChI is InChI=1S/C17H27NO3/c1-9(2)3-14(17(20)21)18-16(19)15-12-5-10-4-11(7-12)8-13(15)6-10/h9-15H,3-8H2,1-2H3,(H,18,19)(H,20,21)/t10?,11?,12?,13?,14-,15?/m0/s1. The van der Waals surface area contributed by atoms with Crippen LogP contribution in [0.3, 0.4) is 0 Å². The van der Waals surface area contributed by atoms with Crippen LogP contribution in [0.2, 0.25) is 0 Å². The first-order valence-electron chi connectivity index (χ1n) is 8.47. The molecule has 0 heterocycles. The molecule has 0 aromatic carbocycles.